The van der Waals surface area contributed by atoms with Gasteiger partial charge in [-0.1, -0.05) is 22.9 Å². The molecule has 2 aromatic heterocycles. The molecule has 0 aliphatic carbocycles. The number of morpholine rings is 1. The number of carbonyl (C=O) groups is 1. The molecular weight excluding hydrogens is 522 g/mol. The van der Waals surface area contributed by atoms with E-state index in [2.05, 4.69) is 4.98 Å². The first-order chi connectivity index (χ1) is 17.2. The fourth-order valence-electron chi connectivity index (χ4n) is 4.19. The number of furan rings is 1. The number of thiazole rings is 1. The highest BCUT2D eigenvalue weighted by Gasteiger charge is 2.32. The van der Waals surface area contributed by atoms with Crippen LogP contribution in [0.3, 0.4) is 0 Å². The van der Waals surface area contributed by atoms with Crippen LogP contribution < -0.4 is 4.90 Å². The predicted molar refractivity (Wildman–Crippen MR) is 139 cm³/mol. The van der Waals surface area contributed by atoms with Crippen LogP contribution in [0, 0.1) is 0 Å². The summed E-state index contributed by atoms with van der Waals surface area (Å²) in [5, 5.41) is 1.07. The van der Waals surface area contributed by atoms with Crippen molar-refractivity contribution >= 4 is 54.2 Å². The number of carbonyl (C=O) groups excluding carboxylic acids is 1. The van der Waals surface area contributed by atoms with Crippen LogP contribution in [0.2, 0.25) is 5.02 Å². The van der Waals surface area contributed by atoms with E-state index in [1.54, 1.807) is 36.6 Å². The Morgan fingerprint density at radius 2 is 1.86 bits per heavy atom. The zero-order valence-electron chi connectivity index (χ0n) is 19.6. The van der Waals surface area contributed by atoms with Crippen molar-refractivity contribution in [3.05, 3.63) is 77.2 Å². The first-order valence-corrected chi connectivity index (χ1v) is 14.0. The zero-order chi connectivity index (χ0) is 25.4. The summed E-state index contributed by atoms with van der Waals surface area (Å²) in [4.78, 5) is 19.9. The quantitative estimate of drug-likeness (QED) is 0.331. The molecule has 36 heavy (non-hydrogen) atoms. The van der Waals surface area contributed by atoms with Crippen LogP contribution in [0.5, 0.6) is 0 Å². The molecule has 1 saturated heterocycles. The topological polar surface area (TPSA) is 93.0 Å². The Bertz CT molecular complexity index is 1480. The van der Waals surface area contributed by atoms with Crippen molar-refractivity contribution in [2.75, 3.05) is 18.0 Å². The Labute approximate surface area is 218 Å². The van der Waals surface area contributed by atoms with Gasteiger partial charge in [0.05, 0.1) is 40.1 Å². The van der Waals surface area contributed by atoms with Gasteiger partial charge in [-0.2, -0.15) is 4.31 Å². The lowest BCUT2D eigenvalue weighted by atomic mass is 10.2. The number of nitrogens with zero attached hydrogens (tertiary/aromatic N) is 3. The third-order valence-corrected chi connectivity index (χ3v) is 8.96. The summed E-state index contributed by atoms with van der Waals surface area (Å²) in [6.45, 7) is 4.44. The molecule has 1 amide bonds. The fourth-order valence-corrected chi connectivity index (χ4v) is 7.02. The van der Waals surface area contributed by atoms with Crippen LogP contribution in [0.15, 0.2) is 70.2 Å². The molecule has 2 unspecified atom stereocenters. The fraction of sp³-hybridized carbons (Fsp3) is 0.280. The van der Waals surface area contributed by atoms with Gasteiger partial charge < -0.3 is 9.15 Å². The van der Waals surface area contributed by atoms with Gasteiger partial charge >= 0.3 is 0 Å². The summed E-state index contributed by atoms with van der Waals surface area (Å²) in [6, 6.07) is 14.9. The standard InChI is InChI=1S/C25H24ClN3O5S2/c1-16-13-28(14-17(2)34-16)36(31,32)21-8-5-18(6-9-21)24(30)29(15-20-4-3-11-33-20)25-27-22-10-7-19(26)12-23(22)35-25/h3-12,16-17H,13-15H2,1-2H3. The third kappa shape index (κ3) is 5.05. The maximum atomic E-state index is 13.6. The zero-order valence-corrected chi connectivity index (χ0v) is 22.0. The van der Waals surface area contributed by atoms with E-state index < -0.39 is 10.0 Å². The van der Waals surface area contributed by atoms with E-state index in [0.717, 1.165) is 10.2 Å². The number of ether oxygens (including phenoxy) is 1. The first kappa shape index (κ1) is 24.9. The Kier molecular flexibility index (Phi) is 6.88. The highest BCUT2D eigenvalue weighted by atomic mass is 35.5. The Balaban J connectivity index is 1.44. The average molecular weight is 546 g/mol. The van der Waals surface area contributed by atoms with E-state index >= 15 is 0 Å². The van der Waals surface area contributed by atoms with Crippen LogP contribution in [0.4, 0.5) is 5.13 Å². The second-order valence-electron chi connectivity index (χ2n) is 8.68. The van der Waals surface area contributed by atoms with Gasteiger partial charge in [0.15, 0.2) is 5.13 Å². The number of amides is 1. The highest BCUT2D eigenvalue weighted by molar-refractivity contribution is 7.89. The molecule has 1 aliphatic heterocycles. The number of hydrogen-bond acceptors (Lipinski definition) is 7. The molecule has 0 saturated carbocycles. The van der Waals surface area contributed by atoms with Crippen LogP contribution in [-0.4, -0.2) is 48.9 Å². The first-order valence-electron chi connectivity index (χ1n) is 11.4. The summed E-state index contributed by atoms with van der Waals surface area (Å²) in [7, 11) is -3.71. The Morgan fingerprint density at radius 1 is 1.14 bits per heavy atom. The summed E-state index contributed by atoms with van der Waals surface area (Å²) >= 11 is 7.47. The van der Waals surface area contributed by atoms with Crippen molar-refractivity contribution in [3.63, 3.8) is 0 Å². The molecule has 2 aromatic carbocycles. The molecule has 1 fully saturated rings. The number of benzene rings is 2. The molecular formula is C25H24ClN3O5S2. The van der Waals surface area contributed by atoms with Crippen molar-refractivity contribution in [1.82, 2.24) is 9.29 Å². The van der Waals surface area contributed by atoms with Crippen molar-refractivity contribution in [2.45, 2.75) is 37.5 Å². The minimum Gasteiger partial charge on any atom is -0.467 e. The van der Waals surface area contributed by atoms with E-state index in [-0.39, 0.29) is 42.6 Å². The summed E-state index contributed by atoms with van der Waals surface area (Å²) in [5.74, 6) is 0.268. The summed E-state index contributed by atoms with van der Waals surface area (Å²) < 4.78 is 39.8. The van der Waals surface area contributed by atoms with Gasteiger partial charge in [-0.25, -0.2) is 13.4 Å². The van der Waals surface area contributed by atoms with Gasteiger partial charge in [0, 0.05) is 23.7 Å². The van der Waals surface area contributed by atoms with Crippen molar-refractivity contribution < 1.29 is 22.4 Å². The van der Waals surface area contributed by atoms with E-state index in [1.807, 2.05) is 13.8 Å². The number of sulfonamides is 1. The lowest BCUT2D eigenvalue weighted by Crippen LogP contribution is -2.48. The van der Waals surface area contributed by atoms with Crippen LogP contribution in [0.25, 0.3) is 10.2 Å². The molecule has 188 valence electrons. The monoisotopic (exact) mass is 545 g/mol. The van der Waals surface area contributed by atoms with E-state index in [4.69, 9.17) is 20.8 Å². The van der Waals surface area contributed by atoms with Crippen molar-refractivity contribution in [3.8, 4) is 0 Å². The van der Waals surface area contributed by atoms with Crippen molar-refractivity contribution in [1.29, 1.82) is 0 Å². The molecule has 4 aromatic rings. The van der Waals surface area contributed by atoms with E-state index in [1.165, 1.54) is 44.8 Å². The smallest absolute Gasteiger partial charge is 0.260 e. The molecule has 2 atom stereocenters. The molecule has 5 rings (SSSR count). The Hall–Kier alpha value is -2.76. The van der Waals surface area contributed by atoms with Gasteiger partial charge in [-0.3, -0.25) is 9.69 Å². The minimum atomic E-state index is -3.71. The lowest BCUT2D eigenvalue weighted by Gasteiger charge is -2.34. The van der Waals surface area contributed by atoms with E-state index in [0.29, 0.717) is 21.5 Å². The number of fused-ring (bicyclic) bond motifs is 1. The van der Waals surface area contributed by atoms with Gasteiger partial charge in [0.1, 0.15) is 5.76 Å². The average Bonchev–Trinajstić information content (AvgIpc) is 3.51. The largest absolute Gasteiger partial charge is 0.467 e. The molecule has 0 N–H and O–H groups in total. The SMILES string of the molecule is CC1CN(S(=O)(=O)c2ccc(C(=O)N(Cc3ccco3)c3nc4ccc(Cl)cc4s3)cc2)CC(C)O1. The van der Waals surface area contributed by atoms with Crippen LogP contribution in [0.1, 0.15) is 30.0 Å². The minimum absolute atomic E-state index is 0.132. The predicted octanol–water partition coefficient (Wildman–Crippen LogP) is 5.19. The van der Waals surface area contributed by atoms with Gasteiger partial charge in [0.25, 0.3) is 5.91 Å². The van der Waals surface area contributed by atoms with Crippen LogP contribution in [-0.2, 0) is 21.3 Å². The Morgan fingerprint density at radius 3 is 2.53 bits per heavy atom. The normalized spacial score (nSPS) is 19.0. The number of rotatable bonds is 6. The maximum Gasteiger partial charge on any atom is 0.260 e. The number of aromatic nitrogens is 1. The second-order valence-corrected chi connectivity index (χ2v) is 12.1. The van der Waals surface area contributed by atoms with Gasteiger partial charge in [0.2, 0.25) is 10.0 Å². The lowest BCUT2D eigenvalue weighted by molar-refractivity contribution is -0.0440. The van der Waals surface area contributed by atoms with Gasteiger partial charge in [-0.15, -0.1) is 0 Å². The molecule has 0 bridgehead atoms. The second kappa shape index (κ2) is 9.95. The highest BCUT2D eigenvalue weighted by Crippen LogP contribution is 2.33. The van der Waals surface area contributed by atoms with Gasteiger partial charge in [-0.05, 0) is 68.4 Å². The maximum absolute atomic E-state index is 13.6. The van der Waals surface area contributed by atoms with Crippen molar-refractivity contribution in [2.24, 2.45) is 0 Å². The molecule has 8 nitrogen and oxygen atoms in total. The molecule has 3 heterocycles. The van der Waals surface area contributed by atoms with E-state index in [9.17, 15) is 13.2 Å². The molecule has 0 radical (unpaired) electrons. The van der Waals surface area contributed by atoms with Crippen LogP contribution >= 0.6 is 22.9 Å². The number of halogens is 1. The number of anilines is 1. The summed E-state index contributed by atoms with van der Waals surface area (Å²) in [5.41, 5.74) is 1.06. The molecule has 1 aliphatic rings. The molecule has 11 heteroatoms. The molecule has 0 spiro atoms. The third-order valence-electron chi connectivity index (χ3n) is 5.83. The summed E-state index contributed by atoms with van der Waals surface area (Å²) in [6.07, 6.45) is 1.16. The number of hydrogen-bond donors (Lipinski definition) is 0.